The van der Waals surface area contributed by atoms with Crippen molar-refractivity contribution in [3.8, 4) is 11.3 Å². The molecule has 1 N–H and O–H groups in total. The number of hydrogen-bond acceptors (Lipinski definition) is 6. The molecule has 0 aliphatic heterocycles. The van der Waals surface area contributed by atoms with Gasteiger partial charge in [-0.3, -0.25) is 14.9 Å². The molecule has 4 aromatic rings. The van der Waals surface area contributed by atoms with E-state index in [-0.39, 0.29) is 28.3 Å². The molecule has 2 aromatic heterocycles. The van der Waals surface area contributed by atoms with Crippen molar-refractivity contribution in [2.45, 2.75) is 6.92 Å². The molecule has 0 aliphatic carbocycles. The van der Waals surface area contributed by atoms with Crippen LogP contribution in [0.4, 0.5) is 15.8 Å². The smallest absolute Gasteiger partial charge is 0.270 e. The van der Waals surface area contributed by atoms with Crippen molar-refractivity contribution in [2.24, 2.45) is 0 Å². The van der Waals surface area contributed by atoms with Gasteiger partial charge in [0.05, 0.1) is 32.9 Å². The molecule has 1 amide bonds. The number of anilines is 1. The number of carbonyl (C=O) groups is 1. The van der Waals surface area contributed by atoms with Gasteiger partial charge in [-0.2, -0.15) is 0 Å². The summed E-state index contributed by atoms with van der Waals surface area (Å²) in [4.78, 5) is 27.8. The predicted octanol–water partition coefficient (Wildman–Crippen LogP) is 4.50. The lowest BCUT2D eigenvalue weighted by Gasteiger charge is -2.09. The first kappa shape index (κ1) is 18.2. The molecule has 29 heavy (non-hydrogen) atoms. The lowest BCUT2D eigenvalue weighted by molar-refractivity contribution is -0.384. The van der Waals surface area contributed by atoms with E-state index < -0.39 is 16.6 Å². The number of hydrogen-bond donors (Lipinski definition) is 1. The van der Waals surface area contributed by atoms with Crippen LogP contribution in [0, 0.1) is 22.9 Å². The van der Waals surface area contributed by atoms with Gasteiger partial charge in [-0.1, -0.05) is 29.4 Å². The Kier molecular flexibility index (Phi) is 4.47. The zero-order chi connectivity index (χ0) is 20.5. The van der Waals surface area contributed by atoms with Gasteiger partial charge >= 0.3 is 0 Å². The number of pyridine rings is 1. The van der Waals surface area contributed by atoms with Gasteiger partial charge in [-0.25, -0.2) is 9.37 Å². The Bertz CT molecular complexity index is 1270. The average molecular weight is 392 g/mol. The van der Waals surface area contributed by atoms with Crippen LogP contribution in [0.1, 0.15) is 16.1 Å². The summed E-state index contributed by atoms with van der Waals surface area (Å²) in [5, 5.41) is 17.8. The third-order valence-corrected chi connectivity index (χ3v) is 4.34. The number of carbonyl (C=O) groups excluding carboxylic acids is 1. The minimum Gasteiger partial charge on any atom is -0.335 e. The standard InChI is InChI=1S/C20H13FN4O4/c1-11-18-14(19(26)22-16-8-3-2-7-15(16)21)10-17(23-20(18)29-24-11)12-5-4-6-13(9-12)25(27)28/h2-10H,1H3,(H,22,26). The number of aryl methyl sites for hydroxylation is 1. The zero-order valence-corrected chi connectivity index (χ0v) is 15.0. The van der Waals surface area contributed by atoms with Gasteiger partial charge in [0.15, 0.2) is 0 Å². The Morgan fingerprint density at radius 3 is 2.72 bits per heavy atom. The maximum absolute atomic E-state index is 13.9. The molecule has 2 aromatic carbocycles. The maximum Gasteiger partial charge on any atom is 0.270 e. The van der Waals surface area contributed by atoms with Crippen molar-refractivity contribution in [2.75, 3.05) is 5.32 Å². The minimum atomic E-state index is -0.583. The first-order valence-electron chi connectivity index (χ1n) is 8.52. The fraction of sp³-hybridized carbons (Fsp3) is 0.0500. The second-order valence-corrected chi connectivity index (χ2v) is 6.24. The Morgan fingerprint density at radius 2 is 1.97 bits per heavy atom. The average Bonchev–Trinajstić information content (AvgIpc) is 3.10. The van der Waals surface area contributed by atoms with E-state index in [0.717, 1.165) is 0 Å². The third kappa shape index (κ3) is 3.41. The van der Waals surface area contributed by atoms with Gasteiger partial charge < -0.3 is 9.84 Å². The second kappa shape index (κ2) is 7.12. The lowest BCUT2D eigenvalue weighted by Crippen LogP contribution is -2.14. The summed E-state index contributed by atoms with van der Waals surface area (Å²) in [6, 6.07) is 13.1. The largest absolute Gasteiger partial charge is 0.335 e. The van der Waals surface area contributed by atoms with E-state index in [4.69, 9.17) is 4.52 Å². The highest BCUT2D eigenvalue weighted by molar-refractivity contribution is 6.13. The van der Waals surface area contributed by atoms with Crippen molar-refractivity contribution in [3.63, 3.8) is 0 Å². The van der Waals surface area contributed by atoms with Crippen molar-refractivity contribution in [3.05, 3.63) is 81.8 Å². The molecule has 4 rings (SSSR count). The summed E-state index contributed by atoms with van der Waals surface area (Å²) in [5.41, 5.74) is 1.33. The van der Waals surface area contributed by atoms with Crippen LogP contribution in [-0.4, -0.2) is 21.0 Å². The highest BCUT2D eigenvalue weighted by atomic mass is 19.1. The highest BCUT2D eigenvalue weighted by Gasteiger charge is 2.21. The number of para-hydroxylation sites is 1. The number of amides is 1. The fourth-order valence-corrected chi connectivity index (χ4v) is 2.95. The van der Waals surface area contributed by atoms with Crippen molar-refractivity contribution in [1.29, 1.82) is 0 Å². The van der Waals surface area contributed by atoms with E-state index in [1.165, 1.54) is 42.5 Å². The summed E-state index contributed by atoms with van der Waals surface area (Å²) in [6.45, 7) is 1.65. The Morgan fingerprint density at radius 1 is 1.17 bits per heavy atom. The van der Waals surface area contributed by atoms with Crippen molar-refractivity contribution >= 4 is 28.4 Å². The van der Waals surface area contributed by atoms with Crippen LogP contribution in [0.5, 0.6) is 0 Å². The summed E-state index contributed by atoms with van der Waals surface area (Å²) in [5.74, 6) is -1.16. The Labute approximate surface area is 163 Å². The molecule has 2 heterocycles. The van der Waals surface area contributed by atoms with E-state index >= 15 is 0 Å². The minimum absolute atomic E-state index is 0.0217. The van der Waals surface area contributed by atoms with Gasteiger partial charge in [0.1, 0.15) is 5.82 Å². The number of nitro benzene ring substituents is 1. The first-order valence-corrected chi connectivity index (χ1v) is 8.52. The summed E-state index contributed by atoms with van der Waals surface area (Å²) in [6.07, 6.45) is 0. The van der Waals surface area contributed by atoms with Crippen LogP contribution in [-0.2, 0) is 0 Å². The maximum atomic E-state index is 13.9. The molecule has 8 nitrogen and oxygen atoms in total. The van der Waals surface area contributed by atoms with Crippen LogP contribution >= 0.6 is 0 Å². The molecule has 0 fully saturated rings. The van der Waals surface area contributed by atoms with E-state index in [9.17, 15) is 19.3 Å². The number of benzene rings is 2. The number of non-ortho nitro benzene ring substituents is 1. The second-order valence-electron chi connectivity index (χ2n) is 6.24. The number of rotatable bonds is 4. The molecule has 144 valence electrons. The first-order chi connectivity index (χ1) is 13.9. The number of halogens is 1. The molecule has 0 saturated heterocycles. The quantitative estimate of drug-likeness (QED) is 0.404. The van der Waals surface area contributed by atoms with Gasteiger partial charge in [0, 0.05) is 17.7 Å². The molecule has 0 radical (unpaired) electrons. The van der Waals surface area contributed by atoms with Crippen LogP contribution in [0.15, 0.2) is 59.1 Å². The van der Waals surface area contributed by atoms with Gasteiger partial charge in [-0.15, -0.1) is 0 Å². The molecule has 0 unspecified atom stereocenters. The van der Waals surface area contributed by atoms with E-state index in [1.54, 1.807) is 19.1 Å². The molecule has 9 heteroatoms. The monoisotopic (exact) mass is 392 g/mol. The molecular weight excluding hydrogens is 379 g/mol. The lowest BCUT2D eigenvalue weighted by atomic mass is 10.0. The highest BCUT2D eigenvalue weighted by Crippen LogP contribution is 2.29. The van der Waals surface area contributed by atoms with Crippen molar-refractivity contribution < 1.29 is 18.6 Å². The SMILES string of the molecule is Cc1noc2nc(-c3cccc([N+](=O)[O-])c3)cc(C(=O)Nc3ccccc3F)c12. The molecule has 0 aliphatic rings. The van der Waals surface area contributed by atoms with Crippen LogP contribution in [0.2, 0.25) is 0 Å². The van der Waals surface area contributed by atoms with Crippen LogP contribution < -0.4 is 5.32 Å². The van der Waals surface area contributed by atoms with Gasteiger partial charge in [-0.05, 0) is 25.1 Å². The molecule has 0 spiro atoms. The number of fused-ring (bicyclic) bond motifs is 1. The topological polar surface area (TPSA) is 111 Å². The van der Waals surface area contributed by atoms with Crippen LogP contribution in [0.25, 0.3) is 22.4 Å². The van der Waals surface area contributed by atoms with Crippen molar-refractivity contribution in [1.82, 2.24) is 10.1 Å². The number of nitrogens with one attached hydrogen (secondary N) is 1. The molecule has 0 saturated carbocycles. The Hall–Kier alpha value is -4.14. The third-order valence-electron chi connectivity index (χ3n) is 4.34. The molecule has 0 atom stereocenters. The van der Waals surface area contributed by atoms with Crippen LogP contribution in [0.3, 0.4) is 0 Å². The summed E-state index contributed by atoms with van der Waals surface area (Å²) in [7, 11) is 0. The summed E-state index contributed by atoms with van der Waals surface area (Å²) >= 11 is 0. The zero-order valence-electron chi connectivity index (χ0n) is 15.0. The van der Waals surface area contributed by atoms with E-state index in [1.807, 2.05) is 0 Å². The number of aromatic nitrogens is 2. The Balaban J connectivity index is 1.84. The molecular formula is C20H13FN4O4. The predicted molar refractivity (Wildman–Crippen MR) is 103 cm³/mol. The normalized spacial score (nSPS) is 10.8. The fourth-order valence-electron chi connectivity index (χ4n) is 2.95. The number of nitrogens with zero attached hydrogens (tertiary/aromatic N) is 3. The number of nitro groups is 1. The van der Waals surface area contributed by atoms with E-state index in [2.05, 4.69) is 15.5 Å². The van der Waals surface area contributed by atoms with Gasteiger partial charge in [0.2, 0.25) is 0 Å². The summed E-state index contributed by atoms with van der Waals surface area (Å²) < 4.78 is 19.1. The van der Waals surface area contributed by atoms with Gasteiger partial charge in [0.25, 0.3) is 17.3 Å². The van der Waals surface area contributed by atoms with E-state index in [0.29, 0.717) is 16.6 Å². The molecule has 0 bridgehead atoms.